The van der Waals surface area contributed by atoms with Crippen LogP contribution in [0.2, 0.25) is 0 Å². The molecule has 11 heavy (non-hydrogen) atoms. The van der Waals surface area contributed by atoms with Gasteiger partial charge in [0.1, 0.15) is 0 Å². The van der Waals surface area contributed by atoms with Crippen LogP contribution >= 0.6 is 0 Å². The SMILES string of the molecule is CC[C@@H]1C=C(C)[C@H](O)CN1C. The summed E-state index contributed by atoms with van der Waals surface area (Å²) in [6, 6.07) is 0.526. The molecule has 0 aliphatic carbocycles. The summed E-state index contributed by atoms with van der Waals surface area (Å²) in [5.41, 5.74) is 1.12. The van der Waals surface area contributed by atoms with E-state index in [2.05, 4.69) is 24.9 Å². The first-order valence-corrected chi connectivity index (χ1v) is 4.21. The Bertz CT molecular complexity index is 165. The number of likely N-dealkylation sites (N-methyl/N-ethyl adjacent to an activating group) is 1. The smallest absolute Gasteiger partial charge is 0.0874 e. The van der Waals surface area contributed by atoms with Crippen molar-refractivity contribution in [3.05, 3.63) is 11.6 Å². The maximum absolute atomic E-state index is 9.45. The van der Waals surface area contributed by atoms with Crippen molar-refractivity contribution >= 4 is 0 Å². The maximum Gasteiger partial charge on any atom is 0.0874 e. The van der Waals surface area contributed by atoms with Gasteiger partial charge in [-0.15, -0.1) is 0 Å². The molecule has 1 aliphatic heterocycles. The Balaban J connectivity index is 2.69. The van der Waals surface area contributed by atoms with Crippen molar-refractivity contribution in [2.45, 2.75) is 32.4 Å². The van der Waals surface area contributed by atoms with Crippen LogP contribution in [-0.2, 0) is 0 Å². The van der Waals surface area contributed by atoms with Crippen molar-refractivity contribution in [2.75, 3.05) is 13.6 Å². The zero-order chi connectivity index (χ0) is 8.43. The predicted octanol–water partition coefficient (Wildman–Crippen LogP) is 1.02. The molecule has 64 valence electrons. The van der Waals surface area contributed by atoms with E-state index in [1.807, 2.05) is 6.92 Å². The average Bonchev–Trinajstić information content (AvgIpc) is 1.97. The second-order valence-electron chi connectivity index (χ2n) is 3.34. The molecule has 2 nitrogen and oxygen atoms in total. The van der Waals surface area contributed by atoms with E-state index in [1.54, 1.807) is 0 Å². The molecule has 0 unspecified atom stereocenters. The molecule has 0 spiro atoms. The van der Waals surface area contributed by atoms with Gasteiger partial charge < -0.3 is 5.11 Å². The third-order valence-electron chi connectivity index (χ3n) is 2.43. The summed E-state index contributed by atoms with van der Waals surface area (Å²) in [5.74, 6) is 0. The van der Waals surface area contributed by atoms with Crippen LogP contribution in [0.15, 0.2) is 11.6 Å². The normalized spacial score (nSPS) is 33.6. The molecule has 2 atom stereocenters. The van der Waals surface area contributed by atoms with Crippen molar-refractivity contribution in [3.8, 4) is 0 Å². The maximum atomic E-state index is 9.45. The lowest BCUT2D eigenvalue weighted by Crippen LogP contribution is -2.41. The molecule has 1 rings (SSSR count). The first kappa shape index (κ1) is 8.75. The van der Waals surface area contributed by atoms with E-state index >= 15 is 0 Å². The van der Waals surface area contributed by atoms with Gasteiger partial charge in [0, 0.05) is 12.6 Å². The van der Waals surface area contributed by atoms with E-state index in [1.165, 1.54) is 0 Å². The number of aliphatic hydroxyl groups excluding tert-OH is 1. The Kier molecular flexibility index (Phi) is 2.68. The monoisotopic (exact) mass is 155 g/mol. The summed E-state index contributed by atoms with van der Waals surface area (Å²) >= 11 is 0. The first-order valence-electron chi connectivity index (χ1n) is 4.21. The van der Waals surface area contributed by atoms with Gasteiger partial charge in [-0.05, 0) is 26.0 Å². The third kappa shape index (κ3) is 1.82. The zero-order valence-electron chi connectivity index (χ0n) is 7.54. The Morgan fingerprint density at radius 3 is 2.91 bits per heavy atom. The van der Waals surface area contributed by atoms with Crippen molar-refractivity contribution in [3.63, 3.8) is 0 Å². The molecule has 1 aliphatic rings. The van der Waals surface area contributed by atoms with Crippen molar-refractivity contribution < 1.29 is 5.11 Å². The molecule has 0 bridgehead atoms. The summed E-state index contributed by atoms with van der Waals surface area (Å²) in [5, 5.41) is 9.45. The molecule has 0 aromatic heterocycles. The highest BCUT2D eigenvalue weighted by Crippen LogP contribution is 2.16. The summed E-state index contributed by atoms with van der Waals surface area (Å²) in [6.07, 6.45) is 3.04. The number of hydrogen-bond donors (Lipinski definition) is 1. The number of β-amino-alcohol motifs (C(OH)–C–C–N with tert-alkyl or cyclic N) is 1. The Morgan fingerprint density at radius 2 is 2.36 bits per heavy atom. The van der Waals surface area contributed by atoms with Crippen LogP contribution < -0.4 is 0 Å². The van der Waals surface area contributed by atoms with Crippen LogP contribution in [-0.4, -0.2) is 35.7 Å². The van der Waals surface area contributed by atoms with Gasteiger partial charge in [0.2, 0.25) is 0 Å². The summed E-state index contributed by atoms with van der Waals surface area (Å²) in [7, 11) is 2.06. The van der Waals surface area contributed by atoms with Gasteiger partial charge in [-0.25, -0.2) is 0 Å². The molecule has 0 aromatic carbocycles. The van der Waals surface area contributed by atoms with Crippen LogP contribution in [0.25, 0.3) is 0 Å². The molecular weight excluding hydrogens is 138 g/mol. The first-order chi connectivity index (χ1) is 5.15. The van der Waals surface area contributed by atoms with Crippen LogP contribution in [0.1, 0.15) is 20.3 Å². The number of hydrogen-bond acceptors (Lipinski definition) is 2. The summed E-state index contributed by atoms with van der Waals surface area (Å²) in [6.45, 7) is 4.95. The largest absolute Gasteiger partial charge is 0.387 e. The molecule has 0 saturated carbocycles. The molecule has 0 aromatic rings. The fourth-order valence-corrected chi connectivity index (χ4v) is 1.52. The van der Waals surface area contributed by atoms with Crippen molar-refractivity contribution in [1.82, 2.24) is 4.90 Å². The van der Waals surface area contributed by atoms with Gasteiger partial charge in [-0.1, -0.05) is 13.0 Å². The van der Waals surface area contributed by atoms with E-state index in [9.17, 15) is 5.11 Å². The van der Waals surface area contributed by atoms with E-state index in [0.717, 1.165) is 18.5 Å². The highest BCUT2D eigenvalue weighted by molar-refractivity contribution is 5.13. The van der Waals surface area contributed by atoms with Gasteiger partial charge >= 0.3 is 0 Å². The van der Waals surface area contributed by atoms with Crippen molar-refractivity contribution in [1.29, 1.82) is 0 Å². The average molecular weight is 155 g/mol. The Hall–Kier alpha value is -0.340. The zero-order valence-corrected chi connectivity index (χ0v) is 7.54. The Morgan fingerprint density at radius 1 is 1.73 bits per heavy atom. The summed E-state index contributed by atoms with van der Waals surface area (Å²) in [4.78, 5) is 2.19. The fourth-order valence-electron chi connectivity index (χ4n) is 1.52. The minimum atomic E-state index is -0.247. The lowest BCUT2D eigenvalue weighted by Gasteiger charge is -2.32. The molecule has 1 N–H and O–H groups in total. The summed E-state index contributed by atoms with van der Waals surface area (Å²) < 4.78 is 0. The fraction of sp³-hybridized carbons (Fsp3) is 0.778. The highest BCUT2D eigenvalue weighted by atomic mass is 16.3. The van der Waals surface area contributed by atoms with Crippen LogP contribution in [0, 0.1) is 0 Å². The Labute approximate surface area is 68.5 Å². The van der Waals surface area contributed by atoms with Gasteiger partial charge in [0.05, 0.1) is 6.10 Å². The molecule has 0 radical (unpaired) electrons. The molecule has 0 amide bonds. The minimum Gasteiger partial charge on any atom is -0.387 e. The van der Waals surface area contributed by atoms with E-state index in [0.29, 0.717) is 6.04 Å². The van der Waals surface area contributed by atoms with Crippen LogP contribution in [0.4, 0.5) is 0 Å². The molecule has 0 fully saturated rings. The second-order valence-corrected chi connectivity index (χ2v) is 3.34. The second kappa shape index (κ2) is 3.37. The lowest BCUT2D eigenvalue weighted by molar-refractivity contribution is 0.123. The predicted molar refractivity (Wildman–Crippen MR) is 46.5 cm³/mol. The van der Waals surface area contributed by atoms with Gasteiger partial charge in [0.15, 0.2) is 0 Å². The topological polar surface area (TPSA) is 23.5 Å². The lowest BCUT2D eigenvalue weighted by atomic mass is 10.0. The number of nitrogens with zero attached hydrogens (tertiary/aromatic N) is 1. The third-order valence-corrected chi connectivity index (χ3v) is 2.43. The minimum absolute atomic E-state index is 0.247. The van der Waals surface area contributed by atoms with Gasteiger partial charge in [-0.2, -0.15) is 0 Å². The molecule has 2 heteroatoms. The van der Waals surface area contributed by atoms with Gasteiger partial charge in [0.25, 0.3) is 0 Å². The van der Waals surface area contributed by atoms with Gasteiger partial charge in [-0.3, -0.25) is 4.90 Å². The molecule has 1 heterocycles. The quantitative estimate of drug-likeness (QED) is 0.571. The number of rotatable bonds is 1. The van der Waals surface area contributed by atoms with Crippen LogP contribution in [0.5, 0.6) is 0 Å². The van der Waals surface area contributed by atoms with E-state index in [4.69, 9.17) is 0 Å². The van der Waals surface area contributed by atoms with Crippen LogP contribution in [0.3, 0.4) is 0 Å². The standard InChI is InChI=1S/C9H17NO/c1-4-8-5-7(2)9(11)6-10(8)3/h5,8-9,11H,4,6H2,1-3H3/t8-,9-/m1/s1. The van der Waals surface area contributed by atoms with E-state index < -0.39 is 0 Å². The number of aliphatic hydroxyl groups is 1. The molecule has 0 saturated heterocycles. The highest BCUT2D eigenvalue weighted by Gasteiger charge is 2.21. The molecular formula is C9H17NO. The van der Waals surface area contributed by atoms with Crippen molar-refractivity contribution in [2.24, 2.45) is 0 Å². The van der Waals surface area contributed by atoms with E-state index in [-0.39, 0.29) is 6.10 Å².